The Kier molecular flexibility index (Phi) is 5.16. The molecule has 0 unspecified atom stereocenters. The van der Waals surface area contributed by atoms with Crippen molar-refractivity contribution in [1.82, 2.24) is 0 Å². The molecule has 3 rings (SSSR count). The zero-order valence-corrected chi connectivity index (χ0v) is 15.0. The fourth-order valence-corrected chi connectivity index (χ4v) is 4.85. The molecule has 0 saturated carbocycles. The number of hydrogen-bond acceptors (Lipinski definition) is 5. The summed E-state index contributed by atoms with van der Waals surface area (Å²) in [7, 11) is -4.04. The van der Waals surface area contributed by atoms with Crippen molar-refractivity contribution in [2.75, 3.05) is 13.2 Å². The lowest BCUT2D eigenvalue weighted by Gasteiger charge is -2.33. The smallest absolute Gasteiger partial charge is 0.239 e. The van der Waals surface area contributed by atoms with Crippen LogP contribution in [0.5, 0.6) is 11.5 Å². The summed E-state index contributed by atoms with van der Waals surface area (Å²) < 4.78 is 61.1. The minimum atomic E-state index is -4.04. The van der Waals surface area contributed by atoms with Gasteiger partial charge in [0.2, 0.25) is 5.91 Å². The summed E-state index contributed by atoms with van der Waals surface area (Å²) in [4.78, 5) is 11.9. The van der Waals surface area contributed by atoms with E-state index in [1.165, 1.54) is 30.3 Å². The second-order valence-electron chi connectivity index (χ2n) is 6.12. The molecule has 2 aromatic carbocycles. The number of amides is 1. The molecule has 1 heterocycles. The average Bonchev–Trinajstić information content (AvgIpc) is 2.65. The van der Waals surface area contributed by atoms with E-state index in [0.717, 1.165) is 12.1 Å². The van der Waals surface area contributed by atoms with Crippen molar-refractivity contribution in [2.24, 2.45) is 5.73 Å². The van der Waals surface area contributed by atoms with Crippen LogP contribution in [0.4, 0.5) is 8.78 Å². The number of nitrogens with two attached hydrogens (primary N) is 1. The molecule has 144 valence electrons. The molecule has 2 N–H and O–H groups in total. The van der Waals surface area contributed by atoms with Crippen LogP contribution in [0.2, 0.25) is 0 Å². The Bertz CT molecular complexity index is 954. The van der Waals surface area contributed by atoms with Crippen LogP contribution in [0, 0.1) is 11.6 Å². The van der Waals surface area contributed by atoms with Crippen LogP contribution in [0.25, 0.3) is 0 Å². The van der Waals surface area contributed by atoms with Crippen molar-refractivity contribution in [3.05, 3.63) is 54.1 Å². The van der Waals surface area contributed by atoms with Crippen LogP contribution in [0.1, 0.15) is 12.8 Å². The van der Waals surface area contributed by atoms with Gasteiger partial charge in [-0.2, -0.15) is 0 Å². The zero-order chi connectivity index (χ0) is 19.7. The quantitative estimate of drug-likeness (QED) is 0.837. The third kappa shape index (κ3) is 3.52. The van der Waals surface area contributed by atoms with E-state index in [1.54, 1.807) is 0 Å². The minimum Gasteiger partial charge on any atom is -0.457 e. The maximum atomic E-state index is 13.2. The molecule has 0 aliphatic carbocycles. The van der Waals surface area contributed by atoms with Gasteiger partial charge in [0, 0.05) is 19.3 Å². The molecule has 1 fully saturated rings. The number of benzene rings is 2. The lowest BCUT2D eigenvalue weighted by atomic mass is 9.98. The number of primary amides is 1. The van der Waals surface area contributed by atoms with Gasteiger partial charge in [-0.3, -0.25) is 4.79 Å². The molecule has 1 amide bonds. The van der Waals surface area contributed by atoms with Crippen molar-refractivity contribution in [3.63, 3.8) is 0 Å². The second-order valence-corrected chi connectivity index (χ2v) is 8.38. The Balaban J connectivity index is 1.87. The first-order valence-corrected chi connectivity index (χ1v) is 9.60. The van der Waals surface area contributed by atoms with Crippen LogP contribution >= 0.6 is 0 Å². The molecule has 9 heteroatoms. The van der Waals surface area contributed by atoms with E-state index in [0.29, 0.717) is 0 Å². The monoisotopic (exact) mass is 397 g/mol. The maximum Gasteiger partial charge on any atom is 0.239 e. The van der Waals surface area contributed by atoms with Crippen LogP contribution in [-0.2, 0) is 19.4 Å². The van der Waals surface area contributed by atoms with E-state index >= 15 is 0 Å². The SMILES string of the molecule is NC(=O)C1(S(=O)(=O)c2ccc(Oc3ccc(F)c(F)c3)cc2)CCOCC1. The van der Waals surface area contributed by atoms with E-state index in [1.807, 2.05) is 0 Å². The summed E-state index contributed by atoms with van der Waals surface area (Å²) in [6, 6.07) is 8.34. The Labute approximate surface area is 154 Å². The van der Waals surface area contributed by atoms with Crippen LogP contribution in [-0.4, -0.2) is 32.3 Å². The van der Waals surface area contributed by atoms with Gasteiger partial charge in [-0.05, 0) is 49.2 Å². The molecule has 0 aromatic heterocycles. The van der Waals surface area contributed by atoms with Crippen molar-refractivity contribution < 1.29 is 31.5 Å². The topological polar surface area (TPSA) is 95.7 Å². The van der Waals surface area contributed by atoms with E-state index < -0.39 is 32.1 Å². The highest BCUT2D eigenvalue weighted by atomic mass is 32.2. The summed E-state index contributed by atoms with van der Waals surface area (Å²) in [5, 5.41) is 0. The number of ether oxygens (including phenoxy) is 2. The Morgan fingerprint density at radius 1 is 1.00 bits per heavy atom. The average molecular weight is 397 g/mol. The number of hydrogen-bond donors (Lipinski definition) is 1. The molecule has 0 spiro atoms. The van der Waals surface area contributed by atoms with Gasteiger partial charge < -0.3 is 15.2 Å². The number of halogens is 2. The van der Waals surface area contributed by atoms with E-state index in [9.17, 15) is 22.0 Å². The van der Waals surface area contributed by atoms with Crippen molar-refractivity contribution in [1.29, 1.82) is 0 Å². The van der Waals surface area contributed by atoms with Gasteiger partial charge in [-0.15, -0.1) is 0 Å². The molecule has 2 aromatic rings. The number of carbonyl (C=O) groups is 1. The summed E-state index contributed by atoms with van der Waals surface area (Å²) in [6.07, 6.45) is -0.0322. The van der Waals surface area contributed by atoms with Gasteiger partial charge >= 0.3 is 0 Å². The Hall–Kier alpha value is -2.52. The van der Waals surface area contributed by atoms with Crippen LogP contribution < -0.4 is 10.5 Å². The van der Waals surface area contributed by atoms with E-state index in [2.05, 4.69) is 0 Å². The Morgan fingerprint density at radius 2 is 1.59 bits per heavy atom. The van der Waals surface area contributed by atoms with Gasteiger partial charge in [0.05, 0.1) is 4.90 Å². The van der Waals surface area contributed by atoms with Crippen LogP contribution in [0.15, 0.2) is 47.4 Å². The largest absolute Gasteiger partial charge is 0.457 e. The van der Waals surface area contributed by atoms with Gasteiger partial charge in [0.1, 0.15) is 11.5 Å². The number of sulfone groups is 1. The van der Waals surface area contributed by atoms with Crippen molar-refractivity contribution in [2.45, 2.75) is 22.5 Å². The van der Waals surface area contributed by atoms with Crippen molar-refractivity contribution in [3.8, 4) is 11.5 Å². The van der Waals surface area contributed by atoms with Gasteiger partial charge in [-0.25, -0.2) is 17.2 Å². The number of carbonyl (C=O) groups excluding carboxylic acids is 1. The molecule has 0 atom stereocenters. The highest BCUT2D eigenvalue weighted by Gasteiger charge is 2.51. The molecule has 27 heavy (non-hydrogen) atoms. The van der Waals surface area contributed by atoms with Gasteiger partial charge in [0.15, 0.2) is 26.2 Å². The number of rotatable bonds is 5. The summed E-state index contributed by atoms with van der Waals surface area (Å²) >= 11 is 0. The van der Waals surface area contributed by atoms with Crippen LogP contribution in [0.3, 0.4) is 0 Å². The zero-order valence-electron chi connectivity index (χ0n) is 14.2. The lowest BCUT2D eigenvalue weighted by Crippen LogP contribution is -2.53. The van der Waals surface area contributed by atoms with Gasteiger partial charge in [-0.1, -0.05) is 0 Å². The predicted molar refractivity (Wildman–Crippen MR) is 92.0 cm³/mol. The molecule has 6 nitrogen and oxygen atoms in total. The minimum absolute atomic E-state index is 0.0161. The fraction of sp³-hybridized carbons (Fsp3) is 0.278. The molecule has 0 radical (unpaired) electrons. The predicted octanol–water partition coefficient (Wildman–Crippen LogP) is 2.57. The molecule has 1 saturated heterocycles. The molecule has 0 bridgehead atoms. The Morgan fingerprint density at radius 3 is 2.15 bits per heavy atom. The first kappa shape index (κ1) is 19.2. The third-order valence-electron chi connectivity index (χ3n) is 4.52. The third-order valence-corrected chi connectivity index (χ3v) is 7.06. The van der Waals surface area contributed by atoms with E-state index in [4.69, 9.17) is 15.2 Å². The molecule has 1 aliphatic heterocycles. The second kappa shape index (κ2) is 7.24. The summed E-state index contributed by atoms with van der Waals surface area (Å²) in [5.74, 6) is -2.69. The maximum absolute atomic E-state index is 13.2. The first-order chi connectivity index (χ1) is 12.8. The normalized spacial score (nSPS) is 16.7. The highest BCUT2D eigenvalue weighted by molar-refractivity contribution is 7.93. The summed E-state index contributed by atoms with van der Waals surface area (Å²) in [6.45, 7) is 0.249. The first-order valence-electron chi connectivity index (χ1n) is 8.11. The molecular formula is C18H17F2NO5S. The standard InChI is InChI=1S/C18H17F2NO5S/c19-15-6-3-13(11-16(15)20)26-12-1-4-14(5-2-12)27(23,24)18(17(21)22)7-9-25-10-8-18/h1-6,11H,7-10H2,(H2,21,22). The summed E-state index contributed by atoms with van der Waals surface area (Å²) in [5.41, 5.74) is 5.42. The van der Waals surface area contributed by atoms with Crippen molar-refractivity contribution >= 4 is 15.7 Å². The highest BCUT2D eigenvalue weighted by Crippen LogP contribution is 2.35. The van der Waals surface area contributed by atoms with E-state index in [-0.39, 0.29) is 42.4 Å². The van der Waals surface area contributed by atoms with Gasteiger partial charge in [0.25, 0.3) is 0 Å². The molecule has 1 aliphatic rings. The fourth-order valence-electron chi connectivity index (χ4n) is 2.94. The molecular weight excluding hydrogens is 380 g/mol. The lowest BCUT2D eigenvalue weighted by molar-refractivity contribution is -0.122.